The summed E-state index contributed by atoms with van der Waals surface area (Å²) in [5.74, 6) is 1.52. The van der Waals surface area contributed by atoms with E-state index in [1.54, 1.807) is 11.0 Å². The number of amides is 5. The molecule has 57 heavy (non-hydrogen) atoms. The van der Waals surface area contributed by atoms with Gasteiger partial charge in [-0.1, -0.05) is 23.7 Å². The Balaban J connectivity index is 0.791. The number of aromatic nitrogens is 3. The normalized spacial score (nSPS) is 18.6. The van der Waals surface area contributed by atoms with Crippen molar-refractivity contribution in [2.75, 3.05) is 84.2 Å². The minimum absolute atomic E-state index is 0.172. The van der Waals surface area contributed by atoms with Gasteiger partial charge in [0.25, 0.3) is 0 Å². The molecule has 0 bridgehead atoms. The van der Waals surface area contributed by atoms with Crippen molar-refractivity contribution in [2.24, 2.45) is 5.41 Å². The number of hydrogen-bond donors (Lipinski definition) is 3. The van der Waals surface area contributed by atoms with E-state index in [0.29, 0.717) is 49.2 Å². The Morgan fingerprint density at radius 3 is 2.37 bits per heavy atom. The minimum atomic E-state index is -0.792. The third kappa shape index (κ3) is 8.95. The predicted molar refractivity (Wildman–Crippen MR) is 218 cm³/mol. The summed E-state index contributed by atoms with van der Waals surface area (Å²) in [4.78, 5) is 72.8. The summed E-state index contributed by atoms with van der Waals surface area (Å²) in [6.45, 7) is 10.8. The zero-order valence-corrected chi connectivity index (χ0v) is 35.5. The quantitative estimate of drug-likeness (QED) is 0.0982. The zero-order chi connectivity index (χ0) is 39.7. The molecule has 4 aromatic rings. The first-order valence-electron chi connectivity index (χ1n) is 19.1. The summed E-state index contributed by atoms with van der Waals surface area (Å²) < 4.78 is 2.66. The molecule has 0 aliphatic carbocycles. The number of hydrogen-bond acceptors (Lipinski definition) is 12. The Kier molecular flexibility index (Phi) is 11.5. The molecule has 3 N–H and O–H groups in total. The number of piperazine rings is 1. The number of halogens is 2. The number of anilines is 6. The van der Waals surface area contributed by atoms with E-state index in [9.17, 15) is 19.2 Å². The van der Waals surface area contributed by atoms with Gasteiger partial charge in [-0.2, -0.15) is 0 Å². The molecule has 0 saturated carbocycles. The number of thiazole rings is 1. The van der Waals surface area contributed by atoms with Crippen LogP contribution in [0.4, 0.5) is 43.4 Å². The number of rotatable bonds is 9. The molecule has 8 rings (SSSR count). The molecular weight excluding hydrogens is 881 g/mol. The molecule has 0 atom stereocenters. The fraction of sp³-hybridized carbons (Fsp3) is 0.410. The van der Waals surface area contributed by atoms with Crippen molar-refractivity contribution in [3.8, 4) is 0 Å². The Labute approximate surface area is 350 Å². The fourth-order valence-corrected chi connectivity index (χ4v) is 11.0. The first kappa shape index (κ1) is 39.2. The number of imide groups is 1. The van der Waals surface area contributed by atoms with E-state index >= 15 is 0 Å². The van der Waals surface area contributed by atoms with Crippen molar-refractivity contribution in [3.05, 3.63) is 76.0 Å². The molecule has 15 nitrogen and oxygen atoms in total. The molecule has 4 aliphatic rings. The molecule has 300 valence electrons. The van der Waals surface area contributed by atoms with Crippen LogP contribution in [0.1, 0.15) is 46.7 Å². The summed E-state index contributed by atoms with van der Waals surface area (Å²) in [7, 11) is 0. The van der Waals surface area contributed by atoms with E-state index in [1.165, 1.54) is 17.5 Å². The van der Waals surface area contributed by atoms with Crippen LogP contribution < -0.4 is 52.1 Å². The molecular formula is C39H44ClIN11O4S-. The van der Waals surface area contributed by atoms with Gasteiger partial charge in [-0.3, -0.25) is 14.9 Å². The van der Waals surface area contributed by atoms with Crippen LogP contribution in [0.2, 0.25) is 5.02 Å². The Bertz CT molecular complexity index is 2150. The Morgan fingerprint density at radius 1 is 0.895 bits per heavy atom. The molecule has 4 saturated heterocycles. The number of nitrogens with one attached hydrogen (secondary N) is 3. The molecule has 18 heteroatoms. The van der Waals surface area contributed by atoms with Crippen molar-refractivity contribution in [3.63, 3.8) is 0 Å². The van der Waals surface area contributed by atoms with Gasteiger partial charge in [0.05, 0.1) is 10.7 Å². The van der Waals surface area contributed by atoms with E-state index in [0.717, 1.165) is 94.4 Å². The monoisotopic (exact) mass is 924 g/mol. The third-order valence-electron chi connectivity index (χ3n) is 11.1. The van der Waals surface area contributed by atoms with Gasteiger partial charge < -0.3 is 5.32 Å². The van der Waals surface area contributed by atoms with Gasteiger partial charge in [0.1, 0.15) is 0 Å². The number of piperidine rings is 1. The van der Waals surface area contributed by atoms with Gasteiger partial charge in [0, 0.05) is 13.0 Å². The Hall–Kier alpha value is -4.59. The van der Waals surface area contributed by atoms with Crippen molar-refractivity contribution in [1.29, 1.82) is 0 Å². The summed E-state index contributed by atoms with van der Waals surface area (Å²) in [6, 6.07) is 15.0. The van der Waals surface area contributed by atoms with Gasteiger partial charge in [0.15, 0.2) is 0 Å². The maximum atomic E-state index is 13.6. The predicted octanol–water partition coefficient (Wildman–Crippen LogP) is 2.88. The number of nitrogens with zero attached hydrogens (tertiary/aromatic N) is 8. The van der Waals surface area contributed by atoms with E-state index in [4.69, 9.17) is 16.6 Å². The molecule has 4 fully saturated rings. The summed E-state index contributed by atoms with van der Waals surface area (Å²) >= 11 is 6.74. The van der Waals surface area contributed by atoms with Crippen molar-refractivity contribution < 1.29 is 40.7 Å². The fourth-order valence-electron chi connectivity index (χ4n) is 7.83. The van der Waals surface area contributed by atoms with Gasteiger partial charge in [-0.25, -0.2) is 4.79 Å². The second kappa shape index (κ2) is 16.7. The molecule has 0 unspecified atom stereocenters. The standard InChI is InChI=1S/C39H44ClIN11O4S/c1-25-4-3-5-29(40)34(25)47-35(54)30-23-42-37(57-30)45-31-22-32(44-26(2)43-31)49-18-20-51(21-19-49)41-36(55)50-17-13-39(24-50)11-15-48(16-12-39)27-6-8-28(9-7-27)52-14-10-33(53)46-38(52)56/h3-9,22-23H,10-21,24H2,1-2H3,(H,47,54)(H,46,53,56)(H,42,43,44,45)/q-1. The van der Waals surface area contributed by atoms with Crippen LogP contribution in [0.15, 0.2) is 54.7 Å². The number of carbonyl (C=O) groups excluding carboxylic acids is 4. The van der Waals surface area contributed by atoms with Gasteiger partial charge >= 0.3 is 256 Å². The van der Waals surface area contributed by atoms with Crippen LogP contribution in [0.3, 0.4) is 0 Å². The third-order valence-corrected chi connectivity index (χ3v) is 15.1. The van der Waals surface area contributed by atoms with Crippen molar-refractivity contribution >= 4 is 78.5 Å². The van der Waals surface area contributed by atoms with Gasteiger partial charge in [0.2, 0.25) is 5.91 Å². The molecule has 0 radical (unpaired) electrons. The van der Waals surface area contributed by atoms with Crippen LogP contribution in [-0.4, -0.2) is 104 Å². The number of para-hydroxylation sites is 1. The van der Waals surface area contributed by atoms with Crippen molar-refractivity contribution in [2.45, 2.75) is 39.5 Å². The molecule has 6 heterocycles. The van der Waals surface area contributed by atoms with E-state index in [-0.39, 0.29) is 23.3 Å². The second-order valence-electron chi connectivity index (χ2n) is 14.9. The van der Waals surface area contributed by atoms with Crippen LogP contribution in [0.5, 0.6) is 0 Å². The SMILES string of the molecule is Cc1nc(Nc2ncc(C(=O)Nc3c(C)cccc3Cl)s2)cc(N2CCN([I-]C(=O)N3CCC4(CCN(c5ccc(N6CCC(=O)NC6=O)cc5)CC4)C3)CC2)n1. The van der Waals surface area contributed by atoms with Crippen molar-refractivity contribution in [1.82, 2.24) is 28.3 Å². The van der Waals surface area contributed by atoms with E-state index in [2.05, 4.69) is 55.9 Å². The van der Waals surface area contributed by atoms with E-state index < -0.39 is 21.5 Å². The first-order valence-corrected chi connectivity index (χ1v) is 22.3. The topological polar surface area (TPSA) is 159 Å². The van der Waals surface area contributed by atoms with Gasteiger partial charge in [-0.05, 0) is 18.6 Å². The molecule has 5 amide bonds. The van der Waals surface area contributed by atoms with Crippen LogP contribution in [0.25, 0.3) is 0 Å². The average molecular weight is 925 g/mol. The second-order valence-corrected chi connectivity index (χ2v) is 19.1. The van der Waals surface area contributed by atoms with Crippen LogP contribution >= 0.6 is 22.9 Å². The molecule has 4 aliphatic heterocycles. The van der Waals surface area contributed by atoms with Crippen LogP contribution in [-0.2, 0) is 4.79 Å². The van der Waals surface area contributed by atoms with Crippen LogP contribution in [0, 0.1) is 19.3 Å². The van der Waals surface area contributed by atoms with E-state index in [1.807, 2.05) is 44.2 Å². The molecule has 1 spiro atoms. The number of carbonyl (C=O) groups is 4. The number of benzene rings is 2. The number of urea groups is 1. The van der Waals surface area contributed by atoms with Gasteiger partial charge in [-0.15, -0.1) is 0 Å². The molecule has 2 aromatic heterocycles. The number of likely N-dealkylation sites (tertiary alicyclic amines) is 1. The summed E-state index contributed by atoms with van der Waals surface area (Å²) in [6.07, 6.45) is 4.98. The summed E-state index contributed by atoms with van der Waals surface area (Å²) in [5.41, 5.74) is 3.55. The summed E-state index contributed by atoms with van der Waals surface area (Å²) in [5, 5.41) is 9.54. The molecule has 2 aromatic carbocycles. The first-order chi connectivity index (χ1) is 27.5. The maximum absolute atomic E-state index is 13.6. The average Bonchev–Trinajstić information content (AvgIpc) is 3.84. The zero-order valence-electron chi connectivity index (χ0n) is 31.8. The number of aryl methyl sites for hydroxylation is 2. The Morgan fingerprint density at radius 2 is 1.63 bits per heavy atom.